The van der Waals surface area contributed by atoms with Crippen molar-refractivity contribution in [1.29, 1.82) is 0 Å². The largest absolute Gasteiger partial charge is 0.236 e. The minimum absolute atomic E-state index is 0.225. The van der Waals surface area contributed by atoms with E-state index in [4.69, 9.17) is 23.2 Å². The first-order valence-electron chi connectivity index (χ1n) is 5.11. The van der Waals surface area contributed by atoms with E-state index in [-0.39, 0.29) is 11.7 Å². The molecule has 0 spiro atoms. The van der Waals surface area contributed by atoms with Gasteiger partial charge in [-0.1, -0.05) is 11.6 Å². The number of aryl methyl sites for hydroxylation is 1. The zero-order chi connectivity index (χ0) is 12.6. The molecule has 90 valence electrons. The lowest BCUT2D eigenvalue weighted by atomic mass is 10.2. The average molecular weight is 273 g/mol. The van der Waals surface area contributed by atoms with Crippen LogP contribution in [0.3, 0.4) is 0 Å². The summed E-state index contributed by atoms with van der Waals surface area (Å²) in [5.41, 5.74) is 3.01. The first-order valence-corrected chi connectivity index (χ1v) is 6.02. The predicted molar refractivity (Wildman–Crippen MR) is 67.6 cm³/mol. The number of benzene rings is 1. The number of aromatic nitrogens is 2. The Morgan fingerprint density at radius 1 is 1.35 bits per heavy atom. The molecule has 0 unspecified atom stereocenters. The Hall–Kier alpha value is -1.06. The molecule has 1 aromatic heterocycles. The Kier molecular flexibility index (Phi) is 3.40. The summed E-state index contributed by atoms with van der Waals surface area (Å²) in [6.45, 7) is 3.69. The highest BCUT2D eigenvalue weighted by molar-refractivity contribution is 6.31. The molecule has 2 aromatic rings. The summed E-state index contributed by atoms with van der Waals surface area (Å²) in [5, 5.41) is 4.94. The van der Waals surface area contributed by atoms with Crippen molar-refractivity contribution in [3.63, 3.8) is 0 Å². The van der Waals surface area contributed by atoms with Gasteiger partial charge >= 0.3 is 0 Å². The molecule has 0 aliphatic carbocycles. The maximum atomic E-state index is 13.1. The molecule has 2 rings (SSSR count). The molecular weight excluding hydrogens is 262 g/mol. The fraction of sp³-hybridized carbons (Fsp3) is 0.250. The van der Waals surface area contributed by atoms with E-state index in [9.17, 15) is 4.39 Å². The van der Waals surface area contributed by atoms with Crippen LogP contribution in [0.15, 0.2) is 18.2 Å². The second kappa shape index (κ2) is 4.67. The van der Waals surface area contributed by atoms with Gasteiger partial charge in [0.25, 0.3) is 0 Å². The molecule has 17 heavy (non-hydrogen) atoms. The van der Waals surface area contributed by atoms with Crippen LogP contribution in [0.25, 0.3) is 5.69 Å². The van der Waals surface area contributed by atoms with Crippen molar-refractivity contribution in [1.82, 2.24) is 9.78 Å². The van der Waals surface area contributed by atoms with Gasteiger partial charge in [0.1, 0.15) is 5.82 Å². The second-order valence-electron chi connectivity index (χ2n) is 3.80. The van der Waals surface area contributed by atoms with Gasteiger partial charge in [-0.25, -0.2) is 9.07 Å². The smallest absolute Gasteiger partial charge is 0.123 e. The molecule has 0 amide bonds. The van der Waals surface area contributed by atoms with Crippen molar-refractivity contribution in [2.45, 2.75) is 19.7 Å². The van der Waals surface area contributed by atoms with Crippen molar-refractivity contribution >= 4 is 23.2 Å². The average Bonchev–Trinajstić information content (AvgIpc) is 2.57. The molecule has 0 aliphatic rings. The van der Waals surface area contributed by atoms with Crippen LogP contribution in [0.4, 0.5) is 4.39 Å². The van der Waals surface area contributed by atoms with Crippen LogP contribution < -0.4 is 0 Å². The van der Waals surface area contributed by atoms with Crippen LogP contribution >= 0.6 is 23.2 Å². The van der Waals surface area contributed by atoms with Gasteiger partial charge in [-0.3, -0.25) is 0 Å². The number of hydrogen-bond donors (Lipinski definition) is 0. The van der Waals surface area contributed by atoms with Gasteiger partial charge in [-0.2, -0.15) is 5.10 Å². The van der Waals surface area contributed by atoms with Gasteiger partial charge in [0.15, 0.2) is 0 Å². The highest BCUT2D eigenvalue weighted by Crippen LogP contribution is 2.25. The van der Waals surface area contributed by atoms with E-state index < -0.39 is 0 Å². The third-order valence-corrected chi connectivity index (χ3v) is 3.45. The zero-order valence-electron chi connectivity index (χ0n) is 9.47. The lowest BCUT2D eigenvalue weighted by Gasteiger charge is -2.09. The number of hydrogen-bond acceptors (Lipinski definition) is 1. The maximum absolute atomic E-state index is 13.1. The van der Waals surface area contributed by atoms with Crippen molar-refractivity contribution in [2.24, 2.45) is 0 Å². The Morgan fingerprint density at radius 3 is 2.59 bits per heavy atom. The first-order chi connectivity index (χ1) is 8.04. The molecule has 1 aromatic carbocycles. The molecule has 0 fully saturated rings. The summed E-state index contributed by atoms with van der Waals surface area (Å²) in [5.74, 6) is -0.0830. The third kappa shape index (κ3) is 2.17. The van der Waals surface area contributed by atoms with Crippen LogP contribution in [0.1, 0.15) is 17.0 Å². The van der Waals surface area contributed by atoms with E-state index in [1.165, 1.54) is 12.1 Å². The second-order valence-corrected chi connectivity index (χ2v) is 4.45. The molecule has 0 saturated carbocycles. The van der Waals surface area contributed by atoms with Gasteiger partial charge in [-0.05, 0) is 37.6 Å². The standard InChI is InChI=1S/C12H11Cl2FN2/c1-7-12(14)8(2)17(16-7)11-4-3-10(15)5-9(11)6-13/h3-5H,6H2,1-2H3. The van der Waals surface area contributed by atoms with E-state index >= 15 is 0 Å². The van der Waals surface area contributed by atoms with Crippen LogP contribution in [0, 0.1) is 19.7 Å². The number of rotatable bonds is 2. The predicted octanol–water partition coefficient (Wildman–Crippen LogP) is 4.02. The van der Waals surface area contributed by atoms with E-state index in [1.807, 2.05) is 13.8 Å². The lowest BCUT2D eigenvalue weighted by Crippen LogP contribution is -2.03. The summed E-state index contributed by atoms with van der Waals surface area (Å²) < 4.78 is 14.8. The molecule has 0 N–H and O–H groups in total. The first kappa shape index (κ1) is 12.4. The summed E-state index contributed by atoms with van der Waals surface area (Å²) >= 11 is 11.9. The SMILES string of the molecule is Cc1nn(-c2ccc(F)cc2CCl)c(C)c1Cl. The Balaban J connectivity index is 2.64. The van der Waals surface area contributed by atoms with Gasteiger partial charge in [0.2, 0.25) is 0 Å². The number of halogens is 3. The third-order valence-electron chi connectivity index (χ3n) is 2.62. The summed E-state index contributed by atoms with van der Waals surface area (Å²) in [6, 6.07) is 4.45. The van der Waals surface area contributed by atoms with E-state index in [0.717, 1.165) is 17.1 Å². The van der Waals surface area contributed by atoms with Crippen LogP contribution in [0.5, 0.6) is 0 Å². The van der Waals surface area contributed by atoms with Crippen molar-refractivity contribution in [3.8, 4) is 5.69 Å². The molecule has 0 saturated heterocycles. The Bertz CT molecular complexity index is 564. The van der Waals surface area contributed by atoms with E-state index in [0.29, 0.717) is 10.6 Å². The van der Waals surface area contributed by atoms with E-state index in [2.05, 4.69) is 5.10 Å². The van der Waals surface area contributed by atoms with E-state index in [1.54, 1.807) is 10.7 Å². The highest BCUT2D eigenvalue weighted by Gasteiger charge is 2.13. The molecule has 0 aliphatic heterocycles. The quantitative estimate of drug-likeness (QED) is 0.755. The highest BCUT2D eigenvalue weighted by atomic mass is 35.5. The van der Waals surface area contributed by atoms with Crippen LogP contribution in [-0.4, -0.2) is 9.78 Å². The fourth-order valence-corrected chi connectivity index (χ4v) is 2.06. The van der Waals surface area contributed by atoms with Gasteiger partial charge in [0.05, 0.1) is 22.1 Å². The minimum Gasteiger partial charge on any atom is -0.236 e. The van der Waals surface area contributed by atoms with Gasteiger partial charge < -0.3 is 0 Å². The molecule has 1 heterocycles. The summed E-state index contributed by atoms with van der Waals surface area (Å²) in [4.78, 5) is 0. The maximum Gasteiger partial charge on any atom is 0.123 e. The molecule has 0 atom stereocenters. The zero-order valence-corrected chi connectivity index (χ0v) is 11.0. The minimum atomic E-state index is -0.308. The number of nitrogens with zero attached hydrogens (tertiary/aromatic N) is 2. The summed E-state index contributed by atoms with van der Waals surface area (Å²) in [6.07, 6.45) is 0. The van der Waals surface area contributed by atoms with Crippen molar-refractivity contribution < 1.29 is 4.39 Å². The van der Waals surface area contributed by atoms with Crippen LogP contribution in [0.2, 0.25) is 5.02 Å². The molecule has 2 nitrogen and oxygen atoms in total. The van der Waals surface area contributed by atoms with Crippen LogP contribution in [-0.2, 0) is 5.88 Å². The Morgan fingerprint density at radius 2 is 2.06 bits per heavy atom. The monoisotopic (exact) mass is 272 g/mol. The lowest BCUT2D eigenvalue weighted by molar-refractivity contribution is 0.625. The number of alkyl halides is 1. The van der Waals surface area contributed by atoms with Crippen molar-refractivity contribution in [2.75, 3.05) is 0 Å². The van der Waals surface area contributed by atoms with Gasteiger partial charge in [-0.15, -0.1) is 11.6 Å². The Labute approximate surface area is 109 Å². The van der Waals surface area contributed by atoms with Gasteiger partial charge in [0, 0.05) is 5.88 Å². The normalized spacial score (nSPS) is 10.9. The molecule has 5 heteroatoms. The molecule has 0 bridgehead atoms. The topological polar surface area (TPSA) is 17.8 Å². The molecule has 0 radical (unpaired) electrons. The summed E-state index contributed by atoms with van der Waals surface area (Å²) in [7, 11) is 0. The molecular formula is C12H11Cl2FN2. The van der Waals surface area contributed by atoms with Crippen molar-refractivity contribution in [3.05, 3.63) is 46.0 Å². The fourth-order valence-electron chi connectivity index (χ4n) is 1.73.